The van der Waals surface area contributed by atoms with Gasteiger partial charge in [-0.15, -0.1) is 0 Å². The van der Waals surface area contributed by atoms with Crippen LogP contribution >= 0.6 is 15.9 Å². The molecule has 3 aromatic rings. The van der Waals surface area contributed by atoms with Gasteiger partial charge in [0.2, 0.25) is 6.10 Å². The summed E-state index contributed by atoms with van der Waals surface area (Å²) < 4.78 is 6.91. The first-order valence-electron chi connectivity index (χ1n) is 7.86. The zero-order chi connectivity index (χ0) is 17.5. The smallest absolute Gasteiger partial charge is 0.266 e. The van der Waals surface area contributed by atoms with Crippen LogP contribution in [0.1, 0.15) is 17.2 Å². The molecule has 1 heterocycles. The van der Waals surface area contributed by atoms with E-state index in [4.69, 9.17) is 4.74 Å². The first kappa shape index (κ1) is 17.2. The lowest BCUT2D eigenvalue weighted by molar-refractivity contribution is -0.128. The number of aromatic nitrogens is 1. The van der Waals surface area contributed by atoms with Crippen molar-refractivity contribution < 1.29 is 9.53 Å². The molecule has 5 heteroatoms. The predicted octanol–water partition coefficient (Wildman–Crippen LogP) is 4.28. The van der Waals surface area contributed by atoms with Crippen LogP contribution in [0, 0.1) is 0 Å². The lowest BCUT2D eigenvalue weighted by Crippen LogP contribution is -2.32. The molecular weight excluding hydrogens is 380 g/mol. The number of carbonyl (C=O) groups is 1. The van der Waals surface area contributed by atoms with E-state index in [1.807, 2.05) is 66.7 Å². The topological polar surface area (TPSA) is 51.2 Å². The highest BCUT2D eigenvalue weighted by Crippen LogP contribution is 2.24. The molecule has 0 aliphatic carbocycles. The van der Waals surface area contributed by atoms with E-state index >= 15 is 0 Å². The summed E-state index contributed by atoms with van der Waals surface area (Å²) in [7, 11) is 0. The summed E-state index contributed by atoms with van der Waals surface area (Å²) in [5.41, 5.74) is 1.74. The average molecular weight is 397 g/mol. The predicted molar refractivity (Wildman–Crippen MR) is 100 cm³/mol. The Balaban J connectivity index is 1.76. The Morgan fingerprint density at radius 2 is 1.80 bits per heavy atom. The van der Waals surface area contributed by atoms with Gasteiger partial charge in [0, 0.05) is 29.0 Å². The molecule has 1 amide bonds. The van der Waals surface area contributed by atoms with E-state index in [2.05, 4.69) is 26.2 Å². The van der Waals surface area contributed by atoms with Crippen LogP contribution in [0.3, 0.4) is 0 Å². The Labute approximate surface area is 155 Å². The van der Waals surface area contributed by atoms with Crippen molar-refractivity contribution in [2.45, 2.75) is 12.6 Å². The second-order valence-corrected chi connectivity index (χ2v) is 6.36. The maximum atomic E-state index is 12.7. The van der Waals surface area contributed by atoms with Crippen molar-refractivity contribution in [3.63, 3.8) is 0 Å². The average Bonchev–Trinajstić information content (AvgIpc) is 2.67. The molecule has 1 atom stereocenters. The number of hydrogen-bond acceptors (Lipinski definition) is 3. The molecule has 0 bridgehead atoms. The summed E-state index contributed by atoms with van der Waals surface area (Å²) in [5.74, 6) is 0.437. The van der Waals surface area contributed by atoms with Gasteiger partial charge in [0.15, 0.2) is 0 Å². The number of halogens is 1. The van der Waals surface area contributed by atoms with Crippen molar-refractivity contribution in [1.82, 2.24) is 10.3 Å². The minimum atomic E-state index is -0.723. The molecule has 0 saturated carbocycles. The molecule has 0 saturated heterocycles. The molecule has 2 aromatic carbocycles. The summed E-state index contributed by atoms with van der Waals surface area (Å²) in [6.45, 7) is 0.402. The number of rotatable bonds is 6. The van der Waals surface area contributed by atoms with Crippen LogP contribution in [0.2, 0.25) is 0 Å². The van der Waals surface area contributed by atoms with Crippen LogP contribution in [0.25, 0.3) is 0 Å². The molecule has 0 aliphatic rings. The lowest BCUT2D eigenvalue weighted by atomic mass is 10.1. The highest BCUT2D eigenvalue weighted by atomic mass is 79.9. The quantitative estimate of drug-likeness (QED) is 0.676. The highest BCUT2D eigenvalue weighted by Gasteiger charge is 2.22. The van der Waals surface area contributed by atoms with Crippen molar-refractivity contribution in [2.24, 2.45) is 0 Å². The Morgan fingerprint density at radius 1 is 1.04 bits per heavy atom. The van der Waals surface area contributed by atoms with E-state index in [9.17, 15) is 4.79 Å². The Hall–Kier alpha value is -2.66. The number of nitrogens with zero attached hydrogens (tertiary/aromatic N) is 1. The standard InChI is InChI=1S/C20H17BrN2O2/c21-17-8-10-18(11-9-17)25-19(16-6-2-1-3-7-16)20(24)23-14-15-5-4-12-22-13-15/h1-13,19H,14H2,(H,23,24). The van der Waals surface area contributed by atoms with Crippen molar-refractivity contribution >= 4 is 21.8 Å². The van der Waals surface area contributed by atoms with Gasteiger partial charge < -0.3 is 10.1 Å². The number of benzene rings is 2. The SMILES string of the molecule is O=C(NCc1cccnc1)C(Oc1ccc(Br)cc1)c1ccccc1. The Kier molecular flexibility index (Phi) is 5.80. The molecule has 1 aromatic heterocycles. The second-order valence-electron chi connectivity index (χ2n) is 5.44. The Bertz CT molecular complexity index is 808. The van der Waals surface area contributed by atoms with E-state index in [-0.39, 0.29) is 5.91 Å². The number of pyridine rings is 1. The van der Waals surface area contributed by atoms with E-state index in [1.165, 1.54) is 0 Å². The first-order valence-corrected chi connectivity index (χ1v) is 8.65. The van der Waals surface area contributed by atoms with Crippen LogP contribution in [-0.4, -0.2) is 10.9 Å². The third-order valence-corrected chi connectivity index (χ3v) is 4.13. The molecule has 3 rings (SSSR count). The fourth-order valence-electron chi connectivity index (χ4n) is 2.33. The molecule has 0 radical (unpaired) electrons. The first-order chi connectivity index (χ1) is 12.2. The molecular formula is C20H17BrN2O2. The highest BCUT2D eigenvalue weighted by molar-refractivity contribution is 9.10. The van der Waals surface area contributed by atoms with Gasteiger partial charge in [0.25, 0.3) is 5.91 Å². The number of ether oxygens (including phenoxy) is 1. The molecule has 126 valence electrons. The van der Waals surface area contributed by atoms with Crippen LogP contribution in [0.15, 0.2) is 83.6 Å². The van der Waals surface area contributed by atoms with Gasteiger partial charge in [-0.1, -0.05) is 52.3 Å². The van der Waals surface area contributed by atoms with Gasteiger partial charge in [0.1, 0.15) is 5.75 Å². The monoisotopic (exact) mass is 396 g/mol. The summed E-state index contributed by atoms with van der Waals surface area (Å²) in [6.07, 6.45) is 2.71. The number of amides is 1. The number of hydrogen-bond donors (Lipinski definition) is 1. The normalized spacial score (nSPS) is 11.6. The Morgan fingerprint density at radius 3 is 2.48 bits per heavy atom. The van der Waals surface area contributed by atoms with Crippen LogP contribution in [0.5, 0.6) is 5.75 Å². The second kappa shape index (κ2) is 8.44. The van der Waals surface area contributed by atoms with Gasteiger partial charge in [-0.2, -0.15) is 0 Å². The maximum Gasteiger partial charge on any atom is 0.266 e. The van der Waals surface area contributed by atoms with Gasteiger partial charge in [0.05, 0.1) is 0 Å². The minimum Gasteiger partial charge on any atom is -0.476 e. The van der Waals surface area contributed by atoms with Crippen molar-refractivity contribution in [3.05, 3.63) is 94.7 Å². The summed E-state index contributed by atoms with van der Waals surface area (Å²) in [6, 6.07) is 20.6. The van der Waals surface area contributed by atoms with Gasteiger partial charge in [-0.3, -0.25) is 9.78 Å². The molecule has 4 nitrogen and oxygen atoms in total. The van der Waals surface area contributed by atoms with Gasteiger partial charge in [-0.05, 0) is 35.9 Å². The molecule has 1 N–H and O–H groups in total. The van der Waals surface area contributed by atoms with E-state index < -0.39 is 6.10 Å². The fraction of sp³-hybridized carbons (Fsp3) is 0.100. The molecule has 25 heavy (non-hydrogen) atoms. The number of nitrogens with one attached hydrogen (secondary N) is 1. The van der Waals surface area contributed by atoms with Crippen molar-refractivity contribution in [1.29, 1.82) is 0 Å². The zero-order valence-corrected chi connectivity index (χ0v) is 15.0. The van der Waals surface area contributed by atoms with E-state index in [1.54, 1.807) is 12.4 Å². The maximum absolute atomic E-state index is 12.7. The fourth-order valence-corrected chi connectivity index (χ4v) is 2.60. The van der Waals surface area contributed by atoms with Crippen LogP contribution < -0.4 is 10.1 Å². The summed E-state index contributed by atoms with van der Waals surface area (Å²) in [4.78, 5) is 16.8. The largest absolute Gasteiger partial charge is 0.476 e. The van der Waals surface area contributed by atoms with Gasteiger partial charge >= 0.3 is 0 Å². The van der Waals surface area contributed by atoms with Crippen LogP contribution in [-0.2, 0) is 11.3 Å². The molecule has 0 fully saturated rings. The molecule has 0 aliphatic heterocycles. The van der Waals surface area contributed by atoms with Crippen molar-refractivity contribution in [2.75, 3.05) is 0 Å². The summed E-state index contributed by atoms with van der Waals surface area (Å²) in [5, 5.41) is 2.92. The van der Waals surface area contributed by atoms with E-state index in [0.29, 0.717) is 12.3 Å². The molecule has 1 unspecified atom stereocenters. The minimum absolute atomic E-state index is 0.196. The van der Waals surface area contributed by atoms with Crippen molar-refractivity contribution in [3.8, 4) is 5.75 Å². The van der Waals surface area contributed by atoms with Gasteiger partial charge in [-0.25, -0.2) is 0 Å². The zero-order valence-electron chi connectivity index (χ0n) is 13.4. The number of carbonyl (C=O) groups excluding carboxylic acids is 1. The molecule has 0 spiro atoms. The van der Waals surface area contributed by atoms with E-state index in [0.717, 1.165) is 15.6 Å². The third-order valence-electron chi connectivity index (χ3n) is 3.60. The lowest BCUT2D eigenvalue weighted by Gasteiger charge is -2.19. The van der Waals surface area contributed by atoms with Crippen LogP contribution in [0.4, 0.5) is 0 Å². The third kappa shape index (κ3) is 4.90. The summed E-state index contributed by atoms with van der Waals surface area (Å²) >= 11 is 3.40.